The predicted octanol–water partition coefficient (Wildman–Crippen LogP) is 3.05. The van der Waals surface area contributed by atoms with Crippen LogP contribution in [0.15, 0.2) is 30.3 Å². The first-order valence-corrected chi connectivity index (χ1v) is 7.49. The molecule has 1 rings (SSSR count). The standard InChI is InChI=1S/C17H28O4/c1-14(20-13-17-8-6-5-7-9-17)11-19-12-16(3)21-15(2)10-18-4/h5-9,14-16H,10-13H2,1-4H3. The minimum atomic E-state index is 0.0523. The van der Waals surface area contributed by atoms with E-state index < -0.39 is 0 Å². The van der Waals surface area contributed by atoms with Crippen LogP contribution in [0.1, 0.15) is 26.3 Å². The fraction of sp³-hybridized carbons (Fsp3) is 0.647. The first kappa shape index (κ1) is 18.1. The van der Waals surface area contributed by atoms with Gasteiger partial charge in [0.2, 0.25) is 0 Å². The maximum Gasteiger partial charge on any atom is 0.0785 e. The van der Waals surface area contributed by atoms with Gasteiger partial charge in [0.15, 0.2) is 0 Å². The second kappa shape index (κ2) is 10.7. The van der Waals surface area contributed by atoms with E-state index in [9.17, 15) is 0 Å². The lowest BCUT2D eigenvalue weighted by atomic mass is 10.2. The average molecular weight is 296 g/mol. The summed E-state index contributed by atoms with van der Waals surface area (Å²) in [6, 6.07) is 10.1. The lowest BCUT2D eigenvalue weighted by Gasteiger charge is -2.20. The smallest absolute Gasteiger partial charge is 0.0785 e. The van der Waals surface area contributed by atoms with Crippen LogP contribution in [-0.2, 0) is 25.6 Å². The predicted molar refractivity (Wildman–Crippen MR) is 83.4 cm³/mol. The fourth-order valence-corrected chi connectivity index (χ4v) is 1.97. The number of rotatable bonds is 11. The van der Waals surface area contributed by atoms with Gasteiger partial charge in [0.05, 0.1) is 44.7 Å². The van der Waals surface area contributed by atoms with Crippen molar-refractivity contribution in [3.05, 3.63) is 35.9 Å². The monoisotopic (exact) mass is 296 g/mol. The van der Waals surface area contributed by atoms with Crippen molar-refractivity contribution in [3.63, 3.8) is 0 Å². The molecular formula is C17H28O4. The Balaban J connectivity index is 2.08. The van der Waals surface area contributed by atoms with Crippen LogP contribution in [0.3, 0.4) is 0 Å². The number of methoxy groups -OCH3 is 1. The van der Waals surface area contributed by atoms with Gasteiger partial charge in [-0.3, -0.25) is 0 Å². The molecule has 0 N–H and O–H groups in total. The maximum absolute atomic E-state index is 5.74. The molecule has 0 aliphatic heterocycles. The van der Waals surface area contributed by atoms with Gasteiger partial charge in [-0.05, 0) is 26.3 Å². The largest absolute Gasteiger partial charge is 0.382 e. The normalized spacial score (nSPS) is 15.6. The van der Waals surface area contributed by atoms with Gasteiger partial charge in [0.1, 0.15) is 0 Å². The van der Waals surface area contributed by atoms with Crippen molar-refractivity contribution < 1.29 is 18.9 Å². The minimum Gasteiger partial charge on any atom is -0.382 e. The Morgan fingerprint density at radius 3 is 2.14 bits per heavy atom. The highest BCUT2D eigenvalue weighted by Crippen LogP contribution is 2.04. The summed E-state index contributed by atoms with van der Waals surface area (Å²) >= 11 is 0. The first-order valence-electron chi connectivity index (χ1n) is 7.49. The zero-order valence-electron chi connectivity index (χ0n) is 13.6. The van der Waals surface area contributed by atoms with Gasteiger partial charge >= 0.3 is 0 Å². The van der Waals surface area contributed by atoms with Crippen molar-refractivity contribution >= 4 is 0 Å². The van der Waals surface area contributed by atoms with Crippen LogP contribution in [0.2, 0.25) is 0 Å². The average Bonchev–Trinajstić information content (AvgIpc) is 2.46. The van der Waals surface area contributed by atoms with Gasteiger partial charge < -0.3 is 18.9 Å². The van der Waals surface area contributed by atoms with Crippen LogP contribution < -0.4 is 0 Å². The molecule has 0 saturated carbocycles. The molecule has 3 atom stereocenters. The summed E-state index contributed by atoms with van der Waals surface area (Å²) in [6.07, 6.45) is 0.200. The molecule has 0 bridgehead atoms. The zero-order valence-corrected chi connectivity index (χ0v) is 13.6. The highest BCUT2D eigenvalue weighted by molar-refractivity contribution is 5.13. The Morgan fingerprint density at radius 2 is 1.48 bits per heavy atom. The third kappa shape index (κ3) is 8.83. The molecule has 0 spiro atoms. The van der Waals surface area contributed by atoms with Gasteiger partial charge in [-0.25, -0.2) is 0 Å². The van der Waals surface area contributed by atoms with Crippen LogP contribution >= 0.6 is 0 Å². The Labute approximate surface area is 128 Å². The van der Waals surface area contributed by atoms with E-state index in [-0.39, 0.29) is 18.3 Å². The van der Waals surface area contributed by atoms with Gasteiger partial charge in [-0.2, -0.15) is 0 Å². The number of benzene rings is 1. The van der Waals surface area contributed by atoms with E-state index >= 15 is 0 Å². The molecule has 0 heterocycles. The molecule has 0 radical (unpaired) electrons. The van der Waals surface area contributed by atoms with E-state index in [1.165, 1.54) is 5.56 Å². The molecule has 3 unspecified atom stereocenters. The number of hydrogen-bond donors (Lipinski definition) is 0. The van der Waals surface area contributed by atoms with E-state index in [4.69, 9.17) is 18.9 Å². The van der Waals surface area contributed by atoms with Crippen molar-refractivity contribution in [3.8, 4) is 0 Å². The van der Waals surface area contributed by atoms with Gasteiger partial charge in [0.25, 0.3) is 0 Å². The Morgan fingerprint density at radius 1 is 0.857 bits per heavy atom. The van der Waals surface area contributed by atoms with Crippen molar-refractivity contribution in [1.82, 2.24) is 0 Å². The molecule has 0 aromatic heterocycles. The topological polar surface area (TPSA) is 36.9 Å². The molecular weight excluding hydrogens is 268 g/mol. The quantitative estimate of drug-likeness (QED) is 0.629. The minimum absolute atomic E-state index is 0.0523. The molecule has 0 amide bonds. The van der Waals surface area contributed by atoms with E-state index in [1.54, 1.807) is 7.11 Å². The van der Waals surface area contributed by atoms with Crippen LogP contribution in [0, 0.1) is 0 Å². The Kier molecular flexibility index (Phi) is 9.26. The second-order valence-electron chi connectivity index (χ2n) is 5.36. The summed E-state index contributed by atoms with van der Waals surface area (Å²) in [6.45, 7) is 8.35. The van der Waals surface area contributed by atoms with E-state index in [2.05, 4.69) is 12.1 Å². The van der Waals surface area contributed by atoms with Crippen LogP contribution in [0.4, 0.5) is 0 Å². The number of ether oxygens (including phenoxy) is 4. The molecule has 1 aromatic carbocycles. The van der Waals surface area contributed by atoms with Crippen molar-refractivity contribution in [2.75, 3.05) is 26.9 Å². The molecule has 1 aromatic rings. The maximum atomic E-state index is 5.74. The van der Waals surface area contributed by atoms with Crippen LogP contribution in [0.5, 0.6) is 0 Å². The molecule has 21 heavy (non-hydrogen) atoms. The van der Waals surface area contributed by atoms with Gasteiger partial charge in [-0.1, -0.05) is 30.3 Å². The summed E-state index contributed by atoms with van der Waals surface area (Å²) in [5, 5.41) is 0. The lowest BCUT2D eigenvalue weighted by molar-refractivity contribution is -0.0811. The summed E-state index contributed by atoms with van der Waals surface area (Å²) in [4.78, 5) is 0. The molecule has 0 aliphatic carbocycles. The van der Waals surface area contributed by atoms with Crippen LogP contribution in [0.25, 0.3) is 0 Å². The van der Waals surface area contributed by atoms with Gasteiger partial charge in [0, 0.05) is 7.11 Å². The van der Waals surface area contributed by atoms with Crippen LogP contribution in [-0.4, -0.2) is 45.2 Å². The molecule has 0 aliphatic rings. The highest BCUT2D eigenvalue weighted by Gasteiger charge is 2.10. The lowest BCUT2D eigenvalue weighted by Crippen LogP contribution is -2.26. The Bertz CT molecular complexity index is 355. The molecule has 4 nitrogen and oxygen atoms in total. The van der Waals surface area contributed by atoms with Crippen molar-refractivity contribution in [2.24, 2.45) is 0 Å². The third-order valence-corrected chi connectivity index (χ3v) is 2.95. The van der Waals surface area contributed by atoms with Crippen molar-refractivity contribution in [1.29, 1.82) is 0 Å². The molecule has 120 valence electrons. The molecule has 0 saturated heterocycles. The number of hydrogen-bond acceptors (Lipinski definition) is 4. The van der Waals surface area contributed by atoms with E-state index in [0.717, 1.165) is 0 Å². The molecule has 0 fully saturated rings. The molecule has 4 heteroatoms. The van der Waals surface area contributed by atoms with E-state index in [0.29, 0.717) is 26.4 Å². The fourth-order valence-electron chi connectivity index (χ4n) is 1.97. The van der Waals surface area contributed by atoms with Gasteiger partial charge in [-0.15, -0.1) is 0 Å². The summed E-state index contributed by atoms with van der Waals surface area (Å²) in [7, 11) is 1.67. The second-order valence-corrected chi connectivity index (χ2v) is 5.36. The van der Waals surface area contributed by atoms with E-state index in [1.807, 2.05) is 39.0 Å². The summed E-state index contributed by atoms with van der Waals surface area (Å²) in [5.41, 5.74) is 1.18. The highest BCUT2D eigenvalue weighted by atomic mass is 16.6. The summed E-state index contributed by atoms with van der Waals surface area (Å²) in [5.74, 6) is 0. The SMILES string of the molecule is COCC(C)OC(C)COCC(C)OCc1ccccc1. The zero-order chi connectivity index (χ0) is 15.5. The summed E-state index contributed by atoms with van der Waals surface area (Å²) < 4.78 is 22.1. The first-order chi connectivity index (χ1) is 10.1. The van der Waals surface area contributed by atoms with Crippen molar-refractivity contribution in [2.45, 2.75) is 45.7 Å². The Hall–Kier alpha value is -0.940. The third-order valence-electron chi connectivity index (χ3n) is 2.95.